The van der Waals surface area contributed by atoms with E-state index in [0.29, 0.717) is 0 Å². The first kappa shape index (κ1) is 10.6. The summed E-state index contributed by atoms with van der Waals surface area (Å²) in [5.74, 6) is 3.17. The van der Waals surface area contributed by atoms with E-state index in [1.165, 1.54) is 11.3 Å². The molecule has 0 saturated heterocycles. The molecule has 1 aromatic rings. The maximum absolute atomic E-state index is 10.9. The lowest BCUT2D eigenvalue weighted by atomic mass is 10.5. The van der Waals surface area contributed by atoms with E-state index in [9.17, 15) is 9.59 Å². The largest absolute Gasteiger partial charge is 0.343 e. The standard InChI is InChI=1S/C7H10N4O2S/c1-4-9-2-5(14-4)3-10-6(12)7(13)11-8/h2H,3,8H2,1H3,(H,10,12)(H,11,13). The Balaban J connectivity index is 2.41. The van der Waals surface area contributed by atoms with Gasteiger partial charge in [0.15, 0.2) is 0 Å². The van der Waals surface area contributed by atoms with Crippen molar-refractivity contribution in [2.75, 3.05) is 0 Å². The number of thiazole rings is 1. The van der Waals surface area contributed by atoms with E-state index in [4.69, 9.17) is 5.84 Å². The fourth-order valence-corrected chi connectivity index (χ4v) is 1.53. The first-order valence-corrected chi connectivity index (χ1v) is 4.65. The average molecular weight is 214 g/mol. The van der Waals surface area contributed by atoms with Crippen molar-refractivity contribution in [3.63, 3.8) is 0 Å². The summed E-state index contributed by atoms with van der Waals surface area (Å²) >= 11 is 1.46. The Labute approximate surface area is 84.5 Å². The Kier molecular flexibility index (Phi) is 3.55. The zero-order valence-electron chi connectivity index (χ0n) is 7.53. The topological polar surface area (TPSA) is 97.1 Å². The number of hydrazine groups is 1. The summed E-state index contributed by atoms with van der Waals surface area (Å²) in [5, 5.41) is 3.32. The van der Waals surface area contributed by atoms with Crippen molar-refractivity contribution in [1.29, 1.82) is 0 Å². The lowest BCUT2D eigenvalue weighted by Gasteiger charge is -2.00. The van der Waals surface area contributed by atoms with Crippen molar-refractivity contribution < 1.29 is 9.59 Å². The number of rotatable bonds is 2. The van der Waals surface area contributed by atoms with Gasteiger partial charge in [-0.25, -0.2) is 10.8 Å². The maximum atomic E-state index is 10.9. The number of amides is 2. The minimum atomic E-state index is -0.855. The van der Waals surface area contributed by atoms with E-state index in [1.54, 1.807) is 11.6 Å². The quantitative estimate of drug-likeness (QED) is 0.256. The summed E-state index contributed by atoms with van der Waals surface area (Å²) in [7, 11) is 0. The van der Waals surface area contributed by atoms with Gasteiger partial charge in [0.2, 0.25) is 0 Å². The van der Waals surface area contributed by atoms with Gasteiger partial charge in [0.05, 0.1) is 11.6 Å². The Morgan fingerprint density at radius 2 is 2.29 bits per heavy atom. The van der Waals surface area contributed by atoms with Gasteiger partial charge < -0.3 is 5.32 Å². The Morgan fingerprint density at radius 1 is 1.57 bits per heavy atom. The molecule has 1 rings (SSSR count). The van der Waals surface area contributed by atoms with Gasteiger partial charge in [-0.2, -0.15) is 0 Å². The number of nitrogens with zero attached hydrogens (tertiary/aromatic N) is 1. The zero-order chi connectivity index (χ0) is 10.6. The minimum Gasteiger partial charge on any atom is -0.343 e. The molecule has 0 spiro atoms. The van der Waals surface area contributed by atoms with Crippen LogP contribution in [0.5, 0.6) is 0 Å². The third kappa shape index (κ3) is 2.79. The predicted molar refractivity (Wildman–Crippen MR) is 51.0 cm³/mol. The normalized spacial score (nSPS) is 9.57. The van der Waals surface area contributed by atoms with Gasteiger partial charge in [-0.3, -0.25) is 15.0 Å². The van der Waals surface area contributed by atoms with Crippen LogP contribution in [0.3, 0.4) is 0 Å². The van der Waals surface area contributed by atoms with E-state index in [1.807, 2.05) is 6.92 Å². The lowest BCUT2D eigenvalue weighted by Crippen LogP contribution is -2.42. The van der Waals surface area contributed by atoms with Crippen LogP contribution in [0.2, 0.25) is 0 Å². The molecule has 4 N–H and O–H groups in total. The lowest BCUT2D eigenvalue weighted by molar-refractivity contribution is -0.139. The van der Waals surface area contributed by atoms with E-state index in [-0.39, 0.29) is 6.54 Å². The zero-order valence-corrected chi connectivity index (χ0v) is 8.35. The molecule has 76 valence electrons. The highest BCUT2D eigenvalue weighted by Gasteiger charge is 2.10. The molecule has 0 atom stereocenters. The molecule has 14 heavy (non-hydrogen) atoms. The van der Waals surface area contributed by atoms with Crippen molar-refractivity contribution in [2.45, 2.75) is 13.5 Å². The highest BCUT2D eigenvalue weighted by atomic mass is 32.1. The number of carbonyl (C=O) groups is 2. The van der Waals surface area contributed by atoms with Crippen LogP contribution < -0.4 is 16.6 Å². The molecular formula is C7H10N4O2S. The summed E-state index contributed by atoms with van der Waals surface area (Å²) in [6.07, 6.45) is 1.65. The second kappa shape index (κ2) is 4.68. The molecular weight excluding hydrogens is 204 g/mol. The summed E-state index contributed by atoms with van der Waals surface area (Å²) in [4.78, 5) is 26.5. The van der Waals surface area contributed by atoms with Gasteiger partial charge >= 0.3 is 11.8 Å². The van der Waals surface area contributed by atoms with Gasteiger partial charge in [-0.15, -0.1) is 11.3 Å². The molecule has 1 aromatic heterocycles. The molecule has 0 bridgehead atoms. The first-order valence-electron chi connectivity index (χ1n) is 3.83. The van der Waals surface area contributed by atoms with Crippen LogP contribution in [0.25, 0.3) is 0 Å². The van der Waals surface area contributed by atoms with E-state index in [0.717, 1.165) is 9.88 Å². The summed E-state index contributed by atoms with van der Waals surface area (Å²) in [6, 6.07) is 0. The average Bonchev–Trinajstić information content (AvgIpc) is 2.59. The SMILES string of the molecule is Cc1ncc(CNC(=O)C(=O)NN)s1. The number of hydrogen-bond donors (Lipinski definition) is 3. The smallest absolute Gasteiger partial charge is 0.323 e. The van der Waals surface area contributed by atoms with Gasteiger partial charge in [-0.05, 0) is 6.92 Å². The molecule has 0 fully saturated rings. The molecule has 0 aliphatic carbocycles. The predicted octanol–water partition coefficient (Wildman–Crippen LogP) is -0.942. The van der Waals surface area contributed by atoms with Crippen LogP contribution in [-0.4, -0.2) is 16.8 Å². The third-order valence-electron chi connectivity index (χ3n) is 1.43. The second-order valence-electron chi connectivity index (χ2n) is 2.50. The van der Waals surface area contributed by atoms with Crippen LogP contribution in [0.4, 0.5) is 0 Å². The fraction of sp³-hybridized carbons (Fsp3) is 0.286. The van der Waals surface area contributed by atoms with Gasteiger partial charge in [0.25, 0.3) is 0 Å². The monoisotopic (exact) mass is 214 g/mol. The second-order valence-corrected chi connectivity index (χ2v) is 3.82. The number of nitrogens with two attached hydrogens (primary N) is 1. The first-order chi connectivity index (χ1) is 6.63. The highest BCUT2D eigenvalue weighted by Crippen LogP contribution is 2.10. The fourth-order valence-electron chi connectivity index (χ4n) is 0.800. The van der Waals surface area contributed by atoms with Gasteiger partial charge in [0, 0.05) is 11.1 Å². The van der Waals surface area contributed by atoms with E-state index >= 15 is 0 Å². The van der Waals surface area contributed by atoms with E-state index in [2.05, 4.69) is 10.3 Å². The molecule has 2 amide bonds. The van der Waals surface area contributed by atoms with Gasteiger partial charge in [0.1, 0.15) is 0 Å². The maximum Gasteiger partial charge on any atom is 0.323 e. The van der Waals surface area contributed by atoms with Crippen LogP contribution in [-0.2, 0) is 16.1 Å². The number of aryl methyl sites for hydroxylation is 1. The Hall–Kier alpha value is -1.47. The Morgan fingerprint density at radius 3 is 2.79 bits per heavy atom. The van der Waals surface area contributed by atoms with Crippen molar-refractivity contribution in [2.24, 2.45) is 5.84 Å². The van der Waals surface area contributed by atoms with Gasteiger partial charge in [-0.1, -0.05) is 0 Å². The van der Waals surface area contributed by atoms with Crippen molar-refractivity contribution in [3.8, 4) is 0 Å². The minimum absolute atomic E-state index is 0.289. The number of hydrogen-bond acceptors (Lipinski definition) is 5. The third-order valence-corrected chi connectivity index (χ3v) is 2.34. The molecule has 0 radical (unpaired) electrons. The molecule has 0 aliphatic rings. The molecule has 1 heterocycles. The molecule has 6 nitrogen and oxygen atoms in total. The van der Waals surface area contributed by atoms with Crippen molar-refractivity contribution in [3.05, 3.63) is 16.1 Å². The summed E-state index contributed by atoms with van der Waals surface area (Å²) in [5.41, 5.74) is 1.74. The van der Waals surface area contributed by atoms with Crippen LogP contribution >= 0.6 is 11.3 Å². The molecule has 0 aliphatic heterocycles. The number of nitrogens with one attached hydrogen (secondary N) is 2. The highest BCUT2D eigenvalue weighted by molar-refractivity contribution is 7.11. The van der Waals surface area contributed by atoms with Crippen LogP contribution in [0.15, 0.2) is 6.20 Å². The van der Waals surface area contributed by atoms with Crippen LogP contribution in [0, 0.1) is 6.92 Å². The molecule has 0 saturated carbocycles. The van der Waals surface area contributed by atoms with E-state index < -0.39 is 11.8 Å². The summed E-state index contributed by atoms with van der Waals surface area (Å²) in [6.45, 7) is 2.15. The van der Waals surface area contributed by atoms with Crippen molar-refractivity contribution in [1.82, 2.24) is 15.7 Å². The van der Waals surface area contributed by atoms with Crippen molar-refractivity contribution >= 4 is 23.2 Å². The Bertz CT molecular complexity index is 349. The molecule has 0 aromatic carbocycles. The molecule has 7 heteroatoms. The molecule has 0 unspecified atom stereocenters. The van der Waals surface area contributed by atoms with Crippen LogP contribution in [0.1, 0.15) is 9.88 Å². The number of carbonyl (C=O) groups excluding carboxylic acids is 2. The summed E-state index contributed by atoms with van der Waals surface area (Å²) < 4.78 is 0. The number of aromatic nitrogens is 1.